The third-order valence-electron chi connectivity index (χ3n) is 4.06. The van der Waals surface area contributed by atoms with Gasteiger partial charge in [0, 0.05) is 17.8 Å². The Morgan fingerprint density at radius 3 is 2.26 bits per heavy atom. The summed E-state index contributed by atoms with van der Waals surface area (Å²) >= 11 is 0. The van der Waals surface area contributed by atoms with Crippen molar-refractivity contribution in [2.24, 2.45) is 0 Å². The van der Waals surface area contributed by atoms with Crippen LogP contribution in [0.1, 0.15) is 84.0 Å². The zero-order chi connectivity index (χ0) is 17.3. The summed E-state index contributed by atoms with van der Waals surface area (Å²) < 4.78 is 0. The van der Waals surface area contributed by atoms with Crippen molar-refractivity contribution in [3.8, 4) is 0 Å². The summed E-state index contributed by atoms with van der Waals surface area (Å²) in [6.45, 7) is 2.06. The van der Waals surface area contributed by atoms with Crippen molar-refractivity contribution in [1.29, 1.82) is 0 Å². The minimum absolute atomic E-state index is 0.340. The first-order chi connectivity index (χ1) is 11.1. The molecule has 0 rings (SSSR count). The average molecular weight is 327 g/mol. The Morgan fingerprint density at radius 2 is 1.65 bits per heavy atom. The van der Waals surface area contributed by atoms with Gasteiger partial charge in [0.25, 0.3) is 0 Å². The maximum absolute atomic E-state index is 11.0. The van der Waals surface area contributed by atoms with Crippen molar-refractivity contribution in [2.75, 3.05) is 0 Å². The molecular weight excluding hydrogens is 294 g/mol. The number of carbonyl (C=O) groups is 1. The Hall–Kier alpha value is -1.23. The van der Waals surface area contributed by atoms with E-state index in [0.717, 1.165) is 64.1 Å². The summed E-state index contributed by atoms with van der Waals surface area (Å²) in [4.78, 5) is 20.8. The zero-order valence-corrected chi connectivity index (χ0v) is 14.5. The Kier molecular flexibility index (Phi) is 14.8. The number of unbranched alkanes of at least 4 members (excludes halogenated alkanes) is 8. The number of allylic oxidation sites excluding steroid dienone is 1. The molecule has 0 saturated carbocycles. The van der Waals surface area contributed by atoms with Gasteiger partial charge in [-0.3, -0.25) is 10.1 Å². The molecule has 2 atom stereocenters. The van der Waals surface area contributed by atoms with E-state index in [-0.39, 0.29) is 4.92 Å². The highest BCUT2D eigenvalue weighted by atomic mass is 16.6. The fourth-order valence-electron chi connectivity index (χ4n) is 2.57. The Bertz CT molecular complexity index is 331. The van der Waals surface area contributed by atoms with Crippen molar-refractivity contribution in [1.82, 2.24) is 0 Å². The van der Waals surface area contributed by atoms with Crippen LogP contribution in [0.25, 0.3) is 0 Å². The van der Waals surface area contributed by atoms with Crippen LogP contribution in [-0.4, -0.2) is 28.5 Å². The standard InChI is InChI=1S/C18H33NO4/c1-2-3-11-14-17(19(22)23)18(21)15-12-9-7-5-4-6-8-10-13-16-20/h9,12,16-18,21H,2-8,10-11,13-15H2,1H3/b12-9-. The van der Waals surface area contributed by atoms with Crippen LogP contribution in [0.5, 0.6) is 0 Å². The van der Waals surface area contributed by atoms with Crippen molar-refractivity contribution in [3.05, 3.63) is 22.3 Å². The topological polar surface area (TPSA) is 80.4 Å². The molecule has 0 aromatic rings. The molecule has 0 aliphatic rings. The highest BCUT2D eigenvalue weighted by Gasteiger charge is 2.27. The van der Waals surface area contributed by atoms with Gasteiger partial charge in [0.15, 0.2) is 0 Å². The fourth-order valence-corrected chi connectivity index (χ4v) is 2.57. The molecule has 5 nitrogen and oxygen atoms in total. The Labute approximate surface area is 140 Å². The smallest absolute Gasteiger partial charge is 0.238 e. The van der Waals surface area contributed by atoms with E-state index < -0.39 is 12.1 Å². The van der Waals surface area contributed by atoms with Gasteiger partial charge in [0.2, 0.25) is 6.04 Å². The third kappa shape index (κ3) is 13.0. The number of aliphatic hydroxyl groups excluding tert-OH is 1. The van der Waals surface area contributed by atoms with Crippen LogP contribution in [0.3, 0.4) is 0 Å². The molecule has 0 bridgehead atoms. The molecule has 0 spiro atoms. The molecule has 5 heteroatoms. The molecule has 0 aliphatic carbocycles. The summed E-state index contributed by atoms with van der Waals surface area (Å²) in [5, 5.41) is 21.0. The molecule has 134 valence electrons. The van der Waals surface area contributed by atoms with E-state index in [1.807, 2.05) is 12.2 Å². The van der Waals surface area contributed by atoms with Gasteiger partial charge in [-0.25, -0.2) is 0 Å². The maximum Gasteiger partial charge on any atom is 0.238 e. The number of aliphatic hydroxyl groups is 1. The highest BCUT2D eigenvalue weighted by molar-refractivity contribution is 5.48. The fraction of sp³-hybridized carbons (Fsp3) is 0.833. The van der Waals surface area contributed by atoms with Gasteiger partial charge in [-0.1, -0.05) is 51.2 Å². The first-order valence-electron chi connectivity index (χ1n) is 9.03. The normalized spacial score (nSPS) is 14.0. The van der Waals surface area contributed by atoms with Crippen LogP contribution in [0.15, 0.2) is 12.2 Å². The lowest BCUT2D eigenvalue weighted by Gasteiger charge is -2.14. The van der Waals surface area contributed by atoms with E-state index in [4.69, 9.17) is 0 Å². The molecule has 1 N–H and O–H groups in total. The number of hydrogen-bond acceptors (Lipinski definition) is 4. The average Bonchev–Trinajstić information content (AvgIpc) is 2.52. The molecule has 0 aliphatic heterocycles. The van der Waals surface area contributed by atoms with Crippen LogP contribution < -0.4 is 0 Å². The van der Waals surface area contributed by atoms with Crippen molar-refractivity contribution in [2.45, 2.75) is 96.1 Å². The minimum Gasteiger partial charge on any atom is -0.386 e. The van der Waals surface area contributed by atoms with Gasteiger partial charge >= 0.3 is 0 Å². The second-order valence-corrected chi connectivity index (χ2v) is 6.13. The van der Waals surface area contributed by atoms with Gasteiger partial charge in [0.05, 0.1) is 0 Å². The summed E-state index contributed by atoms with van der Waals surface area (Å²) in [5.74, 6) is 0. The second kappa shape index (κ2) is 15.7. The lowest BCUT2D eigenvalue weighted by atomic mass is 10.0. The lowest BCUT2D eigenvalue weighted by Crippen LogP contribution is -2.33. The molecule has 23 heavy (non-hydrogen) atoms. The molecule has 0 aromatic heterocycles. The molecule has 0 radical (unpaired) electrons. The van der Waals surface area contributed by atoms with Crippen LogP contribution in [0, 0.1) is 10.1 Å². The molecule has 0 fully saturated rings. The predicted octanol–water partition coefficient (Wildman–Crippen LogP) is 4.45. The van der Waals surface area contributed by atoms with Crippen LogP contribution in [-0.2, 0) is 4.79 Å². The monoisotopic (exact) mass is 327 g/mol. The summed E-state index contributed by atoms with van der Waals surface area (Å²) in [6, 6.07) is -0.844. The number of hydrogen-bond donors (Lipinski definition) is 1. The summed E-state index contributed by atoms with van der Waals surface area (Å²) in [6.07, 6.45) is 14.6. The van der Waals surface area contributed by atoms with Crippen LogP contribution in [0.2, 0.25) is 0 Å². The first kappa shape index (κ1) is 21.8. The number of nitrogens with zero attached hydrogens (tertiary/aromatic N) is 1. The molecule has 0 aromatic carbocycles. The summed E-state index contributed by atoms with van der Waals surface area (Å²) in [5.41, 5.74) is 0. The summed E-state index contributed by atoms with van der Waals surface area (Å²) in [7, 11) is 0. The zero-order valence-electron chi connectivity index (χ0n) is 14.5. The largest absolute Gasteiger partial charge is 0.386 e. The van der Waals surface area contributed by atoms with Gasteiger partial charge in [0.1, 0.15) is 12.4 Å². The second-order valence-electron chi connectivity index (χ2n) is 6.13. The van der Waals surface area contributed by atoms with E-state index in [1.165, 1.54) is 0 Å². The maximum atomic E-state index is 11.0. The van der Waals surface area contributed by atoms with Crippen LogP contribution in [0.4, 0.5) is 0 Å². The van der Waals surface area contributed by atoms with E-state index >= 15 is 0 Å². The van der Waals surface area contributed by atoms with Crippen molar-refractivity contribution < 1.29 is 14.8 Å². The number of rotatable bonds is 16. The molecule has 0 saturated heterocycles. The SMILES string of the molecule is CCCCCC(C(O)C/C=C\CCCCCCCC=O)[N+](=O)[O-]. The highest BCUT2D eigenvalue weighted by Crippen LogP contribution is 2.13. The van der Waals surface area contributed by atoms with Gasteiger partial charge < -0.3 is 9.90 Å². The number of aldehydes is 1. The molecule has 0 amide bonds. The first-order valence-corrected chi connectivity index (χ1v) is 9.03. The van der Waals surface area contributed by atoms with Crippen LogP contribution >= 0.6 is 0 Å². The van der Waals surface area contributed by atoms with Gasteiger partial charge in [-0.2, -0.15) is 0 Å². The van der Waals surface area contributed by atoms with E-state index in [9.17, 15) is 20.0 Å². The van der Waals surface area contributed by atoms with Crippen molar-refractivity contribution >= 4 is 6.29 Å². The lowest BCUT2D eigenvalue weighted by molar-refractivity contribution is -0.535. The number of carbonyl (C=O) groups excluding carboxylic acids is 1. The molecule has 0 heterocycles. The molecule has 2 unspecified atom stereocenters. The number of nitro groups is 1. The van der Waals surface area contributed by atoms with Crippen molar-refractivity contribution in [3.63, 3.8) is 0 Å². The Morgan fingerprint density at radius 1 is 1.00 bits per heavy atom. The minimum atomic E-state index is -0.888. The van der Waals surface area contributed by atoms with E-state index in [2.05, 4.69) is 6.92 Å². The Balaban J connectivity index is 3.76. The van der Waals surface area contributed by atoms with Gasteiger partial charge in [-0.05, 0) is 32.1 Å². The predicted molar refractivity (Wildman–Crippen MR) is 93.1 cm³/mol. The quantitative estimate of drug-likeness (QED) is 0.149. The van der Waals surface area contributed by atoms with Gasteiger partial charge in [-0.15, -0.1) is 0 Å². The van der Waals surface area contributed by atoms with E-state index in [1.54, 1.807) is 0 Å². The van der Waals surface area contributed by atoms with E-state index in [0.29, 0.717) is 19.3 Å². The third-order valence-corrected chi connectivity index (χ3v) is 4.06. The molecular formula is C18H33NO4.